The largest absolute Gasteiger partial charge is 0.508 e. The quantitative estimate of drug-likeness (QED) is 0.522. The summed E-state index contributed by atoms with van der Waals surface area (Å²) in [6.45, 7) is 0. The molecule has 0 amide bonds. The third kappa shape index (κ3) is 3.70. The number of ketones is 1. The number of fused-ring (bicyclic) bond motifs is 1. The number of hydrogen-bond donors (Lipinski definition) is 1. The van der Waals surface area contributed by atoms with Gasteiger partial charge < -0.3 is 5.11 Å². The lowest BCUT2D eigenvalue weighted by molar-refractivity contribution is 0.0984. The van der Waals surface area contributed by atoms with Crippen LogP contribution in [0.25, 0.3) is 22.2 Å². The van der Waals surface area contributed by atoms with Crippen molar-refractivity contribution >= 4 is 16.7 Å². The normalized spacial score (nSPS) is 10.8. The van der Waals surface area contributed by atoms with Crippen molar-refractivity contribution in [1.82, 2.24) is 9.97 Å². The van der Waals surface area contributed by atoms with Gasteiger partial charge in [-0.3, -0.25) is 9.78 Å². The minimum atomic E-state index is 0.0810. The number of rotatable bonds is 5. The van der Waals surface area contributed by atoms with Crippen LogP contribution in [0.15, 0.2) is 79.1 Å². The van der Waals surface area contributed by atoms with Crippen LogP contribution in [-0.4, -0.2) is 20.9 Å². The molecule has 0 radical (unpaired) electrons. The highest BCUT2D eigenvalue weighted by atomic mass is 16.3. The number of phenols is 1. The van der Waals surface area contributed by atoms with Crippen molar-refractivity contribution in [3.05, 3.63) is 90.3 Å². The molecular weight excluding hydrogens is 336 g/mol. The first-order valence-corrected chi connectivity index (χ1v) is 8.82. The molecule has 4 aromatic rings. The fourth-order valence-corrected chi connectivity index (χ4v) is 3.12. The summed E-state index contributed by atoms with van der Waals surface area (Å²) in [6.07, 6.45) is 4.58. The SMILES string of the molecule is O=C(CCc1cccnc1)c1cc(-c2ccc(O)cc2)nc2ccccc12. The standard InChI is InChI=1S/C23H18N2O2/c26-18-10-8-17(9-11-18)22-14-20(19-5-1-2-6-21(19)25-22)23(27)12-7-16-4-3-13-24-15-16/h1-6,8-11,13-15,26H,7,12H2. The first-order valence-electron chi connectivity index (χ1n) is 8.82. The molecule has 1 N–H and O–H groups in total. The fourth-order valence-electron chi connectivity index (χ4n) is 3.12. The smallest absolute Gasteiger partial charge is 0.163 e. The van der Waals surface area contributed by atoms with Crippen molar-refractivity contribution < 1.29 is 9.90 Å². The van der Waals surface area contributed by atoms with Crippen LogP contribution in [0.5, 0.6) is 5.75 Å². The maximum atomic E-state index is 13.0. The van der Waals surface area contributed by atoms with Gasteiger partial charge in [-0.25, -0.2) is 4.98 Å². The van der Waals surface area contributed by atoms with Crippen LogP contribution in [0.1, 0.15) is 22.3 Å². The minimum Gasteiger partial charge on any atom is -0.508 e. The number of benzene rings is 2. The van der Waals surface area contributed by atoms with Crippen LogP contribution in [0.4, 0.5) is 0 Å². The van der Waals surface area contributed by atoms with Gasteiger partial charge in [0.05, 0.1) is 11.2 Å². The second kappa shape index (κ2) is 7.38. The number of hydrogen-bond acceptors (Lipinski definition) is 4. The summed E-state index contributed by atoms with van der Waals surface area (Å²) >= 11 is 0. The predicted octanol–water partition coefficient (Wildman–Crippen LogP) is 4.82. The van der Waals surface area contributed by atoms with Crippen molar-refractivity contribution in [2.75, 3.05) is 0 Å². The third-order valence-corrected chi connectivity index (χ3v) is 4.54. The van der Waals surface area contributed by atoms with Crippen molar-refractivity contribution in [1.29, 1.82) is 0 Å². The van der Waals surface area contributed by atoms with Gasteiger partial charge in [0.15, 0.2) is 5.78 Å². The number of carbonyl (C=O) groups is 1. The Morgan fingerprint density at radius 1 is 0.963 bits per heavy atom. The molecule has 2 aromatic carbocycles. The van der Waals surface area contributed by atoms with Crippen molar-refractivity contribution in [2.24, 2.45) is 0 Å². The Bertz CT molecular complexity index is 1090. The zero-order chi connectivity index (χ0) is 18.6. The summed E-state index contributed by atoms with van der Waals surface area (Å²) in [7, 11) is 0. The van der Waals surface area contributed by atoms with E-state index in [1.807, 2.05) is 42.5 Å². The Hall–Kier alpha value is -3.53. The van der Waals surface area contributed by atoms with Gasteiger partial charge in [0, 0.05) is 35.3 Å². The van der Waals surface area contributed by atoms with Gasteiger partial charge in [-0.05, 0) is 54.4 Å². The number of pyridine rings is 2. The highest BCUT2D eigenvalue weighted by Crippen LogP contribution is 2.27. The van der Waals surface area contributed by atoms with Crippen LogP contribution in [0.2, 0.25) is 0 Å². The molecule has 0 unspecified atom stereocenters. The van der Waals surface area contributed by atoms with E-state index in [-0.39, 0.29) is 11.5 Å². The number of aromatic nitrogens is 2. The molecule has 4 nitrogen and oxygen atoms in total. The molecule has 27 heavy (non-hydrogen) atoms. The van der Waals surface area contributed by atoms with E-state index in [4.69, 9.17) is 4.98 Å². The maximum absolute atomic E-state index is 13.0. The molecule has 2 aromatic heterocycles. The maximum Gasteiger partial charge on any atom is 0.163 e. The van der Waals surface area contributed by atoms with Gasteiger partial charge in [-0.1, -0.05) is 24.3 Å². The van der Waals surface area contributed by atoms with Gasteiger partial charge in [0.25, 0.3) is 0 Å². The lowest BCUT2D eigenvalue weighted by Gasteiger charge is -2.10. The Balaban J connectivity index is 1.72. The molecule has 0 aliphatic heterocycles. The van der Waals surface area contributed by atoms with Gasteiger partial charge >= 0.3 is 0 Å². The molecule has 0 bridgehead atoms. The number of para-hydroxylation sites is 1. The minimum absolute atomic E-state index is 0.0810. The summed E-state index contributed by atoms with van der Waals surface area (Å²) in [4.78, 5) is 21.8. The van der Waals surface area contributed by atoms with E-state index in [1.165, 1.54) is 0 Å². The van der Waals surface area contributed by atoms with E-state index >= 15 is 0 Å². The second-order valence-corrected chi connectivity index (χ2v) is 6.40. The van der Waals surface area contributed by atoms with Gasteiger partial charge in [0.2, 0.25) is 0 Å². The van der Waals surface area contributed by atoms with E-state index in [1.54, 1.807) is 36.7 Å². The monoisotopic (exact) mass is 354 g/mol. The Morgan fingerprint density at radius 2 is 1.78 bits per heavy atom. The predicted molar refractivity (Wildman–Crippen MR) is 106 cm³/mol. The highest BCUT2D eigenvalue weighted by Gasteiger charge is 2.14. The number of aromatic hydroxyl groups is 1. The van der Waals surface area contributed by atoms with Crippen molar-refractivity contribution in [2.45, 2.75) is 12.8 Å². The number of carbonyl (C=O) groups excluding carboxylic acids is 1. The lowest BCUT2D eigenvalue weighted by Crippen LogP contribution is -2.04. The Labute approximate surface area is 157 Å². The van der Waals surface area contributed by atoms with E-state index in [0.717, 1.165) is 27.7 Å². The molecule has 0 saturated heterocycles. The van der Waals surface area contributed by atoms with E-state index in [9.17, 15) is 9.90 Å². The summed E-state index contributed by atoms with van der Waals surface area (Å²) in [5.74, 6) is 0.282. The summed E-state index contributed by atoms with van der Waals surface area (Å²) in [5.41, 5.74) is 4.08. The zero-order valence-corrected chi connectivity index (χ0v) is 14.7. The fraction of sp³-hybridized carbons (Fsp3) is 0.0870. The molecule has 0 saturated carbocycles. The van der Waals surface area contributed by atoms with E-state index < -0.39 is 0 Å². The first-order chi connectivity index (χ1) is 13.2. The number of aryl methyl sites for hydroxylation is 1. The molecule has 0 spiro atoms. The molecular formula is C23H18N2O2. The average Bonchev–Trinajstić information content (AvgIpc) is 2.72. The number of phenolic OH excluding ortho intramolecular Hbond substituents is 1. The lowest BCUT2D eigenvalue weighted by atomic mass is 9.98. The summed E-state index contributed by atoms with van der Waals surface area (Å²) in [6, 6.07) is 20.2. The topological polar surface area (TPSA) is 63.1 Å². The zero-order valence-electron chi connectivity index (χ0n) is 14.7. The van der Waals surface area contributed by atoms with Crippen molar-refractivity contribution in [3.8, 4) is 17.0 Å². The Morgan fingerprint density at radius 3 is 2.56 bits per heavy atom. The van der Waals surface area contributed by atoms with Crippen LogP contribution in [-0.2, 0) is 6.42 Å². The summed E-state index contributed by atoms with van der Waals surface area (Å²) in [5, 5.41) is 10.4. The molecule has 0 aliphatic rings. The average molecular weight is 354 g/mol. The van der Waals surface area contributed by atoms with Gasteiger partial charge in [0.1, 0.15) is 5.75 Å². The second-order valence-electron chi connectivity index (χ2n) is 6.40. The molecule has 4 heteroatoms. The molecule has 0 atom stereocenters. The molecule has 4 rings (SSSR count). The van der Waals surface area contributed by atoms with Gasteiger partial charge in [-0.2, -0.15) is 0 Å². The van der Waals surface area contributed by atoms with Crippen LogP contribution >= 0.6 is 0 Å². The van der Waals surface area contributed by atoms with Crippen LogP contribution in [0, 0.1) is 0 Å². The van der Waals surface area contributed by atoms with Crippen LogP contribution < -0.4 is 0 Å². The molecule has 132 valence electrons. The molecule has 0 aliphatic carbocycles. The first kappa shape index (κ1) is 16.9. The van der Waals surface area contributed by atoms with E-state index in [0.29, 0.717) is 18.4 Å². The molecule has 2 heterocycles. The Kier molecular flexibility index (Phi) is 4.62. The summed E-state index contributed by atoms with van der Waals surface area (Å²) < 4.78 is 0. The van der Waals surface area contributed by atoms with Crippen LogP contribution in [0.3, 0.4) is 0 Å². The third-order valence-electron chi connectivity index (χ3n) is 4.54. The van der Waals surface area contributed by atoms with Gasteiger partial charge in [-0.15, -0.1) is 0 Å². The number of nitrogens with zero attached hydrogens (tertiary/aromatic N) is 2. The number of Topliss-reactive ketones (excluding diaryl/α,β-unsaturated/α-hetero) is 1. The van der Waals surface area contributed by atoms with E-state index in [2.05, 4.69) is 4.98 Å². The molecule has 0 fully saturated rings. The van der Waals surface area contributed by atoms with Crippen molar-refractivity contribution in [3.63, 3.8) is 0 Å². The highest BCUT2D eigenvalue weighted by molar-refractivity contribution is 6.08.